The third-order valence-electron chi connectivity index (χ3n) is 5.09. The summed E-state index contributed by atoms with van der Waals surface area (Å²) >= 11 is 0. The van der Waals surface area contributed by atoms with Gasteiger partial charge in [-0.05, 0) is 48.7 Å². The number of fused-ring (bicyclic) bond motifs is 1. The maximum absolute atomic E-state index is 13.1. The summed E-state index contributed by atoms with van der Waals surface area (Å²) in [5.74, 6) is -0.656. The number of carbonyl (C=O) groups is 1. The van der Waals surface area contributed by atoms with Crippen molar-refractivity contribution in [2.24, 2.45) is 0 Å². The lowest BCUT2D eigenvalue weighted by Crippen LogP contribution is -2.36. The van der Waals surface area contributed by atoms with E-state index in [1.165, 1.54) is 33.5 Å². The lowest BCUT2D eigenvalue weighted by atomic mass is 10.0. The number of benzene rings is 2. The minimum atomic E-state index is -3.62. The molecule has 1 amide bonds. The van der Waals surface area contributed by atoms with Crippen molar-refractivity contribution in [2.45, 2.75) is 38.2 Å². The van der Waals surface area contributed by atoms with Crippen molar-refractivity contribution in [1.29, 1.82) is 0 Å². The van der Waals surface area contributed by atoms with Gasteiger partial charge in [-0.3, -0.25) is 4.79 Å². The molecule has 0 N–H and O–H groups in total. The minimum Gasteiger partial charge on any atom is -0.434 e. The zero-order valence-electron chi connectivity index (χ0n) is 16.8. The van der Waals surface area contributed by atoms with Crippen LogP contribution in [0.15, 0.2) is 47.4 Å². The Labute approximate surface area is 175 Å². The van der Waals surface area contributed by atoms with Gasteiger partial charge in [-0.1, -0.05) is 26.0 Å². The van der Waals surface area contributed by atoms with Crippen molar-refractivity contribution in [1.82, 2.24) is 4.31 Å². The smallest absolute Gasteiger partial charge is 0.387 e. The molecule has 0 spiro atoms. The van der Waals surface area contributed by atoms with Gasteiger partial charge in [0.05, 0.1) is 10.5 Å². The lowest BCUT2D eigenvalue weighted by molar-refractivity contribution is -0.0501. The number of carbonyl (C=O) groups excluding carboxylic acids is 1. The van der Waals surface area contributed by atoms with E-state index in [-0.39, 0.29) is 16.2 Å². The van der Waals surface area contributed by atoms with E-state index in [9.17, 15) is 22.0 Å². The van der Waals surface area contributed by atoms with Crippen LogP contribution in [0.1, 0.15) is 36.2 Å². The Balaban J connectivity index is 1.97. The van der Waals surface area contributed by atoms with Crippen molar-refractivity contribution < 1.29 is 26.7 Å². The van der Waals surface area contributed by atoms with Crippen LogP contribution in [0.5, 0.6) is 5.75 Å². The molecule has 30 heavy (non-hydrogen) atoms. The van der Waals surface area contributed by atoms with Gasteiger partial charge in [-0.15, -0.1) is 0 Å². The maximum Gasteiger partial charge on any atom is 0.387 e. The van der Waals surface area contributed by atoms with E-state index in [2.05, 4.69) is 4.74 Å². The van der Waals surface area contributed by atoms with Crippen LogP contribution >= 0.6 is 0 Å². The molecule has 0 unspecified atom stereocenters. The Hall–Kier alpha value is -2.52. The summed E-state index contributed by atoms with van der Waals surface area (Å²) in [6.07, 6.45) is 1.25. The number of hydrogen-bond donors (Lipinski definition) is 0. The van der Waals surface area contributed by atoms with Crippen LogP contribution in [0.3, 0.4) is 0 Å². The molecule has 0 bridgehead atoms. The molecular weight excluding hydrogens is 414 g/mol. The van der Waals surface area contributed by atoms with E-state index < -0.39 is 22.5 Å². The SMILES string of the molecule is CCN(CC)S(=O)(=O)c1ccc2c(c1)CCCN2C(=O)c1ccccc1OC(F)F. The molecule has 1 aliphatic rings. The number of rotatable bonds is 7. The largest absolute Gasteiger partial charge is 0.434 e. The molecule has 0 atom stereocenters. The summed E-state index contributed by atoms with van der Waals surface area (Å²) in [6.45, 7) is 1.64. The monoisotopic (exact) mass is 438 g/mol. The second kappa shape index (κ2) is 9.09. The Morgan fingerprint density at radius 1 is 1.17 bits per heavy atom. The average molecular weight is 438 g/mol. The average Bonchev–Trinajstić information content (AvgIpc) is 2.73. The maximum atomic E-state index is 13.1. The number of nitrogens with zero attached hydrogens (tertiary/aromatic N) is 2. The first kappa shape index (κ1) is 22.2. The number of para-hydroxylation sites is 1. The number of halogens is 2. The van der Waals surface area contributed by atoms with E-state index >= 15 is 0 Å². The van der Waals surface area contributed by atoms with Gasteiger partial charge in [0, 0.05) is 25.3 Å². The fourth-order valence-corrected chi connectivity index (χ4v) is 5.15. The highest BCUT2D eigenvalue weighted by Gasteiger charge is 2.29. The number of sulfonamides is 1. The zero-order chi connectivity index (χ0) is 21.9. The van der Waals surface area contributed by atoms with Gasteiger partial charge >= 0.3 is 6.61 Å². The molecule has 0 aliphatic carbocycles. The minimum absolute atomic E-state index is 0.0329. The number of ether oxygens (including phenoxy) is 1. The standard InChI is InChI=1S/C21H24F2N2O4S/c1-3-24(4-2)30(27,28)16-11-12-18-15(14-16)8-7-13-25(18)20(26)17-9-5-6-10-19(17)29-21(22)23/h5-6,9-12,14,21H,3-4,7-8,13H2,1-2H3. The van der Waals surface area contributed by atoms with E-state index in [0.717, 1.165) is 5.56 Å². The van der Waals surface area contributed by atoms with Crippen LogP contribution in [0.4, 0.5) is 14.5 Å². The van der Waals surface area contributed by atoms with Crippen molar-refractivity contribution in [2.75, 3.05) is 24.5 Å². The van der Waals surface area contributed by atoms with Crippen LogP contribution in [0.25, 0.3) is 0 Å². The van der Waals surface area contributed by atoms with Crippen molar-refractivity contribution >= 4 is 21.6 Å². The topological polar surface area (TPSA) is 66.9 Å². The number of aryl methyl sites for hydroxylation is 1. The first-order valence-corrected chi connectivity index (χ1v) is 11.2. The van der Waals surface area contributed by atoms with Gasteiger partial charge in [0.25, 0.3) is 5.91 Å². The van der Waals surface area contributed by atoms with Crippen LogP contribution in [0, 0.1) is 0 Å². The molecule has 0 radical (unpaired) electrons. The third kappa shape index (κ3) is 4.32. The molecule has 2 aromatic carbocycles. The van der Waals surface area contributed by atoms with Gasteiger partial charge in [-0.2, -0.15) is 13.1 Å². The molecule has 0 aromatic heterocycles. The summed E-state index contributed by atoms with van der Waals surface area (Å²) in [6, 6.07) is 10.6. The molecule has 6 nitrogen and oxygen atoms in total. The molecule has 0 fully saturated rings. The third-order valence-corrected chi connectivity index (χ3v) is 7.14. The fraction of sp³-hybridized carbons (Fsp3) is 0.381. The van der Waals surface area contributed by atoms with Crippen LogP contribution < -0.4 is 9.64 Å². The zero-order valence-corrected chi connectivity index (χ0v) is 17.7. The summed E-state index contributed by atoms with van der Waals surface area (Å²) < 4.78 is 56.9. The predicted octanol–water partition coefficient (Wildman–Crippen LogP) is 3.91. The molecule has 0 saturated carbocycles. The molecular formula is C21H24F2N2O4S. The Morgan fingerprint density at radius 2 is 1.87 bits per heavy atom. The first-order chi connectivity index (χ1) is 14.3. The summed E-state index contributed by atoms with van der Waals surface area (Å²) in [5, 5.41) is 0. The number of amides is 1. The van der Waals surface area contributed by atoms with Gasteiger partial charge < -0.3 is 9.64 Å². The first-order valence-electron chi connectivity index (χ1n) is 9.78. The van der Waals surface area contributed by atoms with Crippen LogP contribution in [-0.4, -0.2) is 44.9 Å². The van der Waals surface area contributed by atoms with Crippen molar-refractivity contribution in [3.63, 3.8) is 0 Å². The Morgan fingerprint density at radius 3 is 2.53 bits per heavy atom. The highest BCUT2D eigenvalue weighted by molar-refractivity contribution is 7.89. The molecule has 1 heterocycles. The lowest BCUT2D eigenvalue weighted by Gasteiger charge is -2.30. The Bertz CT molecular complexity index is 1020. The van der Waals surface area contributed by atoms with E-state index in [4.69, 9.17) is 0 Å². The number of alkyl halides is 2. The fourth-order valence-electron chi connectivity index (χ4n) is 3.64. The number of hydrogen-bond acceptors (Lipinski definition) is 4. The van der Waals surface area contributed by atoms with Crippen LogP contribution in [-0.2, 0) is 16.4 Å². The van der Waals surface area contributed by atoms with Crippen molar-refractivity contribution in [3.8, 4) is 5.75 Å². The van der Waals surface area contributed by atoms with Gasteiger partial charge in [-0.25, -0.2) is 8.42 Å². The quantitative estimate of drug-likeness (QED) is 0.657. The molecule has 0 saturated heterocycles. The normalized spacial score (nSPS) is 14.1. The van der Waals surface area contributed by atoms with Gasteiger partial charge in [0.15, 0.2) is 0 Å². The van der Waals surface area contributed by atoms with E-state index in [0.29, 0.717) is 38.2 Å². The molecule has 3 rings (SSSR count). The summed E-state index contributed by atoms with van der Waals surface area (Å²) in [4.78, 5) is 14.8. The van der Waals surface area contributed by atoms with E-state index in [1.54, 1.807) is 32.0 Å². The molecule has 9 heteroatoms. The molecule has 162 valence electrons. The van der Waals surface area contributed by atoms with Crippen molar-refractivity contribution in [3.05, 3.63) is 53.6 Å². The second-order valence-corrected chi connectivity index (χ2v) is 8.75. The Kier molecular flexibility index (Phi) is 6.72. The summed E-state index contributed by atoms with van der Waals surface area (Å²) in [5.41, 5.74) is 1.34. The summed E-state index contributed by atoms with van der Waals surface area (Å²) in [7, 11) is -3.62. The molecule has 2 aromatic rings. The highest BCUT2D eigenvalue weighted by atomic mass is 32.2. The second-order valence-electron chi connectivity index (χ2n) is 6.81. The molecule has 1 aliphatic heterocycles. The highest BCUT2D eigenvalue weighted by Crippen LogP contribution is 2.33. The van der Waals surface area contributed by atoms with Gasteiger partial charge in [0.2, 0.25) is 10.0 Å². The number of anilines is 1. The van der Waals surface area contributed by atoms with E-state index in [1.807, 2.05) is 0 Å². The predicted molar refractivity (Wildman–Crippen MR) is 110 cm³/mol. The van der Waals surface area contributed by atoms with Crippen LogP contribution in [0.2, 0.25) is 0 Å². The van der Waals surface area contributed by atoms with Gasteiger partial charge in [0.1, 0.15) is 5.75 Å².